The van der Waals surface area contributed by atoms with E-state index in [1.165, 1.54) is 18.2 Å². The minimum absolute atomic E-state index is 0.132. The van der Waals surface area contributed by atoms with Crippen LogP contribution in [-0.4, -0.2) is 59.8 Å². The van der Waals surface area contributed by atoms with Crippen LogP contribution in [0, 0.1) is 16.0 Å². The van der Waals surface area contributed by atoms with Gasteiger partial charge < -0.3 is 20.3 Å². The molecule has 1 aliphatic carbocycles. The molecule has 0 radical (unpaired) electrons. The second-order valence-corrected chi connectivity index (χ2v) is 9.61. The highest BCUT2D eigenvalue weighted by molar-refractivity contribution is 5.95. The number of piperidine rings is 1. The van der Waals surface area contributed by atoms with Crippen LogP contribution >= 0.6 is 0 Å². The molecule has 0 unspecified atom stereocenters. The first kappa shape index (κ1) is 26.1. The smallest absolute Gasteiger partial charge is 0.270 e. The number of likely N-dealkylation sites (tertiary alicyclic amines) is 1. The number of carbonyl (C=O) groups excluding carboxylic acids is 3. The maximum Gasteiger partial charge on any atom is 0.270 e. The molecule has 0 aromatic heterocycles. The van der Waals surface area contributed by atoms with Gasteiger partial charge in [0.05, 0.1) is 18.0 Å². The van der Waals surface area contributed by atoms with E-state index in [-0.39, 0.29) is 53.5 Å². The van der Waals surface area contributed by atoms with Crippen LogP contribution in [0.5, 0.6) is 5.75 Å². The summed E-state index contributed by atoms with van der Waals surface area (Å²) in [5.74, 6) is -0.350. The van der Waals surface area contributed by atoms with Crippen LogP contribution in [0.4, 0.5) is 5.69 Å². The molecule has 2 aliphatic rings. The van der Waals surface area contributed by atoms with E-state index in [0.717, 1.165) is 25.7 Å². The van der Waals surface area contributed by atoms with Crippen molar-refractivity contribution in [1.82, 2.24) is 15.5 Å². The van der Waals surface area contributed by atoms with Gasteiger partial charge in [-0.05, 0) is 56.0 Å². The Morgan fingerprint density at radius 1 is 0.946 bits per heavy atom. The molecule has 2 N–H and O–H groups in total. The van der Waals surface area contributed by atoms with Crippen molar-refractivity contribution in [3.8, 4) is 5.75 Å². The molecule has 0 spiro atoms. The normalized spacial score (nSPS) is 21.5. The molecular weight excluding hydrogens is 476 g/mol. The molecule has 2 aromatic rings. The van der Waals surface area contributed by atoms with Gasteiger partial charge in [-0.3, -0.25) is 24.5 Å². The van der Waals surface area contributed by atoms with Crippen molar-refractivity contribution in [1.29, 1.82) is 0 Å². The van der Waals surface area contributed by atoms with E-state index in [9.17, 15) is 24.5 Å². The Balaban J connectivity index is 1.37. The molecule has 10 heteroatoms. The molecule has 0 bridgehead atoms. The van der Waals surface area contributed by atoms with Crippen molar-refractivity contribution >= 4 is 23.4 Å². The average molecular weight is 509 g/mol. The Morgan fingerprint density at radius 2 is 1.65 bits per heavy atom. The zero-order chi connectivity index (χ0) is 26.4. The molecule has 10 nitrogen and oxygen atoms in total. The molecule has 4 rings (SSSR count). The first-order valence-electron chi connectivity index (χ1n) is 12.6. The fourth-order valence-corrected chi connectivity index (χ4v) is 5.08. The first-order valence-corrected chi connectivity index (χ1v) is 12.6. The summed E-state index contributed by atoms with van der Waals surface area (Å²) in [4.78, 5) is 51.2. The number of non-ortho nitro benzene ring substituents is 1. The van der Waals surface area contributed by atoms with Gasteiger partial charge in [0.1, 0.15) is 5.75 Å². The summed E-state index contributed by atoms with van der Waals surface area (Å²) in [5.41, 5.74) is 0.625. The highest BCUT2D eigenvalue weighted by Gasteiger charge is 2.33. The van der Waals surface area contributed by atoms with Crippen molar-refractivity contribution in [2.24, 2.45) is 5.92 Å². The van der Waals surface area contributed by atoms with E-state index in [4.69, 9.17) is 4.74 Å². The molecule has 1 saturated carbocycles. The highest BCUT2D eigenvalue weighted by atomic mass is 16.6. The summed E-state index contributed by atoms with van der Waals surface area (Å²) in [6.07, 6.45) is 4.79. The third-order valence-corrected chi connectivity index (χ3v) is 7.15. The van der Waals surface area contributed by atoms with Crippen molar-refractivity contribution in [2.45, 2.75) is 50.6 Å². The van der Waals surface area contributed by atoms with E-state index < -0.39 is 4.92 Å². The number of ether oxygens (including phenoxy) is 1. The molecule has 2 aromatic carbocycles. The second-order valence-electron chi connectivity index (χ2n) is 9.61. The number of rotatable bonds is 7. The Hall–Kier alpha value is -3.95. The molecule has 1 heterocycles. The van der Waals surface area contributed by atoms with Gasteiger partial charge in [-0.1, -0.05) is 18.9 Å². The van der Waals surface area contributed by atoms with Crippen LogP contribution in [0.15, 0.2) is 48.5 Å². The summed E-state index contributed by atoms with van der Waals surface area (Å²) < 4.78 is 5.15. The number of amides is 3. The number of hydrogen-bond donors (Lipinski definition) is 2. The number of methoxy groups -OCH3 is 1. The lowest BCUT2D eigenvalue weighted by atomic mass is 9.88. The van der Waals surface area contributed by atoms with E-state index in [0.29, 0.717) is 30.7 Å². The molecule has 196 valence electrons. The fraction of sp³-hybridized carbons (Fsp3) is 0.444. The van der Waals surface area contributed by atoms with Gasteiger partial charge in [-0.25, -0.2) is 0 Å². The standard InChI is InChI=1S/C27H32N4O6/c1-37-22-13-11-18(12-14-22)25(32)28-23-9-2-3-10-24(23)29-26(33)20-7-5-15-30(17-20)27(34)19-6-4-8-21(16-19)31(35)36/h4,6,8,11-14,16,20,23-24H,2-3,5,7,9-10,15,17H2,1H3,(H,28,32)(H,29,33)/t20-,23-,24-/m1/s1. The number of nitrogens with one attached hydrogen (secondary N) is 2. The molecule has 2 fully saturated rings. The van der Waals surface area contributed by atoms with Gasteiger partial charge >= 0.3 is 0 Å². The number of hydrogen-bond acceptors (Lipinski definition) is 6. The van der Waals surface area contributed by atoms with E-state index >= 15 is 0 Å². The highest BCUT2D eigenvalue weighted by Crippen LogP contribution is 2.24. The Kier molecular flexibility index (Phi) is 8.37. The van der Waals surface area contributed by atoms with E-state index in [1.807, 2.05) is 0 Å². The lowest BCUT2D eigenvalue weighted by molar-refractivity contribution is -0.384. The predicted molar refractivity (Wildman–Crippen MR) is 136 cm³/mol. The summed E-state index contributed by atoms with van der Waals surface area (Å²) >= 11 is 0. The summed E-state index contributed by atoms with van der Waals surface area (Å²) in [6.45, 7) is 0.748. The van der Waals surface area contributed by atoms with E-state index in [2.05, 4.69) is 10.6 Å². The van der Waals surface area contributed by atoms with Crippen molar-refractivity contribution in [3.63, 3.8) is 0 Å². The zero-order valence-electron chi connectivity index (χ0n) is 20.9. The zero-order valence-corrected chi connectivity index (χ0v) is 20.9. The third kappa shape index (κ3) is 6.44. The topological polar surface area (TPSA) is 131 Å². The summed E-state index contributed by atoms with van der Waals surface area (Å²) in [7, 11) is 1.57. The molecule has 37 heavy (non-hydrogen) atoms. The van der Waals surface area contributed by atoms with Crippen LogP contribution in [0.2, 0.25) is 0 Å². The minimum atomic E-state index is -0.531. The monoisotopic (exact) mass is 508 g/mol. The Bertz CT molecular complexity index is 1150. The quantitative estimate of drug-likeness (QED) is 0.436. The van der Waals surface area contributed by atoms with Gasteiger partial charge in [0, 0.05) is 48.4 Å². The SMILES string of the molecule is COc1ccc(C(=O)N[C@@H]2CCCC[C@H]2NC(=O)[C@@H]2CCCN(C(=O)c3cccc([N+](=O)[O-])c3)C2)cc1. The van der Waals surface area contributed by atoms with Crippen molar-refractivity contribution in [3.05, 3.63) is 69.8 Å². The summed E-state index contributed by atoms with van der Waals surface area (Å²) in [6, 6.07) is 12.2. The van der Waals surface area contributed by atoms with Crippen molar-refractivity contribution in [2.75, 3.05) is 20.2 Å². The van der Waals surface area contributed by atoms with Crippen LogP contribution in [0.25, 0.3) is 0 Å². The summed E-state index contributed by atoms with van der Waals surface area (Å²) in [5, 5.41) is 17.3. The number of nitrogens with zero attached hydrogens (tertiary/aromatic N) is 2. The number of benzene rings is 2. The lowest BCUT2D eigenvalue weighted by Crippen LogP contribution is -2.55. The number of nitro benzene ring substituents is 1. The first-order chi connectivity index (χ1) is 17.9. The minimum Gasteiger partial charge on any atom is -0.497 e. The van der Waals surface area contributed by atoms with Gasteiger partial charge in [0.2, 0.25) is 5.91 Å². The molecule has 3 amide bonds. The maximum absolute atomic E-state index is 13.2. The van der Waals surface area contributed by atoms with Gasteiger partial charge in [0.15, 0.2) is 0 Å². The molecule has 1 saturated heterocycles. The maximum atomic E-state index is 13.2. The van der Waals surface area contributed by atoms with Crippen LogP contribution in [0.1, 0.15) is 59.2 Å². The van der Waals surface area contributed by atoms with Gasteiger partial charge in [0.25, 0.3) is 17.5 Å². The van der Waals surface area contributed by atoms with Crippen LogP contribution in [-0.2, 0) is 4.79 Å². The molecule has 1 aliphatic heterocycles. The third-order valence-electron chi connectivity index (χ3n) is 7.15. The average Bonchev–Trinajstić information content (AvgIpc) is 2.93. The van der Waals surface area contributed by atoms with Crippen LogP contribution in [0.3, 0.4) is 0 Å². The fourth-order valence-electron chi connectivity index (χ4n) is 5.08. The largest absolute Gasteiger partial charge is 0.497 e. The predicted octanol–water partition coefficient (Wildman–Crippen LogP) is 3.31. The number of carbonyl (C=O) groups is 3. The van der Waals surface area contributed by atoms with Gasteiger partial charge in [-0.15, -0.1) is 0 Å². The molecule has 3 atom stereocenters. The Labute approximate surface area is 215 Å². The van der Waals surface area contributed by atoms with Crippen LogP contribution < -0.4 is 15.4 Å². The lowest BCUT2D eigenvalue weighted by Gasteiger charge is -2.36. The second kappa shape index (κ2) is 11.9. The molecular formula is C27H32N4O6. The van der Waals surface area contributed by atoms with Crippen molar-refractivity contribution < 1.29 is 24.0 Å². The van der Waals surface area contributed by atoms with Gasteiger partial charge in [-0.2, -0.15) is 0 Å². The Morgan fingerprint density at radius 3 is 2.32 bits per heavy atom. The van der Waals surface area contributed by atoms with E-state index in [1.54, 1.807) is 42.3 Å². The number of nitro groups is 1.